The van der Waals surface area contributed by atoms with E-state index in [9.17, 15) is 14.4 Å². The lowest BCUT2D eigenvalue weighted by atomic mass is 10.1. The highest BCUT2D eigenvalue weighted by Crippen LogP contribution is 2.07. The standard InChI is InChI=1S/C18H30O2.C5H8O3/c1-2-3-4-5-6-7-8-9-10-11-12-13-14-15-16-17-18(19)20;1-3-5(7)8-4(2)6/h3-4,6-7,9-10H,2,5,8,11-17H2,1H3,(H,19,20);3H2,1-2H3/b4-3-,7-6-,10-9-;. The van der Waals surface area contributed by atoms with E-state index in [1.807, 2.05) is 0 Å². The van der Waals surface area contributed by atoms with Crippen LogP contribution in [0.1, 0.15) is 91.4 Å². The molecule has 1 N–H and O–H groups in total. The first-order chi connectivity index (χ1) is 13.4. The predicted octanol–water partition coefficient (Wildman–Crippen LogP) is 6.15. The SMILES string of the molecule is CC/C=C\C/C=C\C/C=C\CCCCCCCC(=O)O.CCC(=O)OC(C)=O. The van der Waals surface area contributed by atoms with Crippen LogP contribution in [0.5, 0.6) is 0 Å². The molecule has 0 bridgehead atoms. The van der Waals surface area contributed by atoms with Gasteiger partial charge in [0.25, 0.3) is 0 Å². The van der Waals surface area contributed by atoms with Gasteiger partial charge in [-0.3, -0.25) is 14.4 Å². The molecule has 0 aliphatic heterocycles. The van der Waals surface area contributed by atoms with Crippen molar-refractivity contribution in [3.05, 3.63) is 36.5 Å². The molecular weight excluding hydrogens is 356 g/mol. The topological polar surface area (TPSA) is 80.7 Å². The Morgan fingerprint density at radius 2 is 1.32 bits per heavy atom. The maximum atomic E-state index is 10.3. The molecule has 0 aromatic rings. The fourth-order valence-corrected chi connectivity index (χ4v) is 2.13. The number of esters is 2. The first-order valence-corrected chi connectivity index (χ1v) is 10.3. The van der Waals surface area contributed by atoms with E-state index in [1.165, 1.54) is 19.8 Å². The van der Waals surface area contributed by atoms with E-state index < -0.39 is 17.9 Å². The molecule has 0 atom stereocenters. The Morgan fingerprint density at radius 1 is 0.786 bits per heavy atom. The Kier molecular flexibility index (Phi) is 22.9. The largest absolute Gasteiger partial charge is 0.481 e. The van der Waals surface area contributed by atoms with E-state index >= 15 is 0 Å². The summed E-state index contributed by atoms with van der Waals surface area (Å²) in [6.07, 6.45) is 23.6. The summed E-state index contributed by atoms with van der Waals surface area (Å²) >= 11 is 0. The minimum atomic E-state index is -0.675. The highest BCUT2D eigenvalue weighted by molar-refractivity contribution is 5.83. The first kappa shape index (κ1) is 28.0. The van der Waals surface area contributed by atoms with Crippen LogP contribution in [0.25, 0.3) is 0 Å². The lowest BCUT2D eigenvalue weighted by molar-refractivity contribution is -0.157. The number of ether oxygens (including phenoxy) is 1. The summed E-state index contributed by atoms with van der Waals surface area (Å²) in [6.45, 7) is 4.98. The van der Waals surface area contributed by atoms with Gasteiger partial charge in [0.1, 0.15) is 0 Å². The van der Waals surface area contributed by atoms with E-state index in [4.69, 9.17) is 5.11 Å². The Morgan fingerprint density at radius 3 is 1.82 bits per heavy atom. The van der Waals surface area contributed by atoms with Crippen molar-refractivity contribution in [3.63, 3.8) is 0 Å². The number of carbonyl (C=O) groups is 3. The highest BCUT2D eigenvalue weighted by Gasteiger charge is 1.99. The monoisotopic (exact) mass is 394 g/mol. The average molecular weight is 395 g/mol. The van der Waals surface area contributed by atoms with Crippen LogP contribution in [0.3, 0.4) is 0 Å². The molecule has 0 unspecified atom stereocenters. The molecule has 5 heteroatoms. The smallest absolute Gasteiger partial charge is 0.313 e. The average Bonchev–Trinajstić information content (AvgIpc) is 2.64. The molecule has 0 aliphatic carbocycles. The van der Waals surface area contributed by atoms with Crippen LogP contribution < -0.4 is 0 Å². The molecule has 5 nitrogen and oxygen atoms in total. The van der Waals surface area contributed by atoms with Crippen molar-refractivity contribution in [3.8, 4) is 0 Å². The van der Waals surface area contributed by atoms with E-state index in [-0.39, 0.29) is 6.42 Å². The van der Waals surface area contributed by atoms with Crippen LogP contribution in [0.15, 0.2) is 36.5 Å². The van der Waals surface area contributed by atoms with Gasteiger partial charge in [-0.2, -0.15) is 0 Å². The van der Waals surface area contributed by atoms with Gasteiger partial charge < -0.3 is 9.84 Å². The molecule has 0 heterocycles. The molecule has 0 aromatic heterocycles. The van der Waals surface area contributed by atoms with Crippen molar-refractivity contribution in [2.45, 2.75) is 91.4 Å². The molecule has 0 saturated carbocycles. The number of aliphatic carboxylic acids is 1. The number of carboxylic acids is 1. The number of allylic oxidation sites excluding steroid dienone is 6. The van der Waals surface area contributed by atoms with Gasteiger partial charge in [-0.05, 0) is 38.5 Å². The van der Waals surface area contributed by atoms with Gasteiger partial charge in [-0.15, -0.1) is 0 Å². The summed E-state index contributed by atoms with van der Waals surface area (Å²) < 4.78 is 4.12. The number of hydrogen-bond donors (Lipinski definition) is 1. The molecule has 0 aromatic carbocycles. The van der Waals surface area contributed by atoms with Crippen LogP contribution in [0.2, 0.25) is 0 Å². The van der Waals surface area contributed by atoms with Gasteiger partial charge in [0.05, 0.1) is 0 Å². The van der Waals surface area contributed by atoms with E-state index in [2.05, 4.69) is 48.1 Å². The number of rotatable bonds is 14. The summed E-state index contributed by atoms with van der Waals surface area (Å²) in [6, 6.07) is 0. The molecule has 0 rings (SSSR count). The van der Waals surface area contributed by atoms with E-state index in [0.717, 1.165) is 44.9 Å². The van der Waals surface area contributed by atoms with Crippen molar-refractivity contribution in [1.82, 2.24) is 0 Å². The summed E-state index contributed by atoms with van der Waals surface area (Å²) in [7, 11) is 0. The van der Waals surface area contributed by atoms with Crippen molar-refractivity contribution in [1.29, 1.82) is 0 Å². The normalized spacial score (nSPS) is 11.0. The third-order valence-electron chi connectivity index (χ3n) is 3.59. The minimum Gasteiger partial charge on any atom is -0.481 e. The van der Waals surface area contributed by atoms with Gasteiger partial charge in [-0.1, -0.05) is 69.6 Å². The summed E-state index contributed by atoms with van der Waals surface area (Å²) in [5, 5.41) is 8.50. The van der Waals surface area contributed by atoms with Crippen LogP contribution in [0.4, 0.5) is 0 Å². The highest BCUT2D eigenvalue weighted by atomic mass is 16.6. The predicted molar refractivity (Wildman–Crippen MR) is 114 cm³/mol. The third-order valence-corrected chi connectivity index (χ3v) is 3.59. The molecular formula is C23H38O5. The summed E-state index contributed by atoms with van der Waals surface area (Å²) in [5.74, 6) is -1.69. The molecule has 28 heavy (non-hydrogen) atoms. The van der Waals surface area contributed by atoms with Gasteiger partial charge in [0.2, 0.25) is 0 Å². The summed E-state index contributed by atoms with van der Waals surface area (Å²) in [4.78, 5) is 30.5. The van der Waals surface area contributed by atoms with Crippen LogP contribution >= 0.6 is 0 Å². The first-order valence-electron chi connectivity index (χ1n) is 10.3. The van der Waals surface area contributed by atoms with Crippen LogP contribution in [0, 0.1) is 0 Å². The number of hydrogen-bond acceptors (Lipinski definition) is 4. The van der Waals surface area contributed by atoms with Gasteiger partial charge in [0.15, 0.2) is 0 Å². The van der Waals surface area contributed by atoms with Gasteiger partial charge in [0, 0.05) is 19.8 Å². The minimum absolute atomic E-state index is 0.250. The second-order valence-corrected chi connectivity index (χ2v) is 6.31. The van der Waals surface area contributed by atoms with Crippen molar-refractivity contribution >= 4 is 17.9 Å². The zero-order chi connectivity index (χ0) is 21.5. The molecule has 0 fully saturated rings. The Labute approximate surface area is 170 Å². The fraction of sp³-hybridized carbons (Fsp3) is 0.609. The molecule has 0 aliphatic rings. The van der Waals surface area contributed by atoms with E-state index in [1.54, 1.807) is 6.92 Å². The second-order valence-electron chi connectivity index (χ2n) is 6.31. The number of carboxylic acid groups (broad SMARTS) is 1. The summed E-state index contributed by atoms with van der Waals surface area (Å²) in [5.41, 5.74) is 0. The van der Waals surface area contributed by atoms with Crippen molar-refractivity contribution < 1.29 is 24.2 Å². The molecule has 0 amide bonds. The van der Waals surface area contributed by atoms with Crippen molar-refractivity contribution in [2.75, 3.05) is 0 Å². The van der Waals surface area contributed by atoms with Crippen LogP contribution in [-0.2, 0) is 19.1 Å². The molecule has 0 saturated heterocycles. The number of unbranched alkanes of at least 4 members (excludes halogenated alkanes) is 5. The molecule has 0 radical (unpaired) electrons. The Bertz CT molecular complexity index is 489. The quantitative estimate of drug-likeness (QED) is 0.165. The van der Waals surface area contributed by atoms with Gasteiger partial charge >= 0.3 is 17.9 Å². The van der Waals surface area contributed by atoms with Crippen LogP contribution in [-0.4, -0.2) is 23.0 Å². The molecule has 0 spiro atoms. The number of carbonyl (C=O) groups excluding carboxylic acids is 2. The lowest BCUT2D eigenvalue weighted by Gasteiger charge is -1.98. The van der Waals surface area contributed by atoms with Gasteiger partial charge in [-0.25, -0.2) is 0 Å². The van der Waals surface area contributed by atoms with Crippen molar-refractivity contribution in [2.24, 2.45) is 0 Å². The Hall–Kier alpha value is -2.17. The third kappa shape index (κ3) is 28.6. The fourth-order valence-electron chi connectivity index (χ4n) is 2.13. The molecule has 160 valence electrons. The zero-order valence-electron chi connectivity index (χ0n) is 17.8. The zero-order valence-corrected chi connectivity index (χ0v) is 17.8. The Balaban J connectivity index is 0. The van der Waals surface area contributed by atoms with E-state index in [0.29, 0.717) is 6.42 Å². The maximum absolute atomic E-state index is 10.3. The lowest BCUT2D eigenvalue weighted by Crippen LogP contribution is -2.06. The maximum Gasteiger partial charge on any atom is 0.313 e. The second kappa shape index (κ2) is 22.9.